The lowest BCUT2D eigenvalue weighted by molar-refractivity contribution is 0.0672. The van der Waals surface area contributed by atoms with Crippen LogP contribution in [-0.2, 0) is 10.0 Å². The van der Waals surface area contributed by atoms with Crippen LogP contribution >= 0.6 is 0 Å². The highest BCUT2D eigenvalue weighted by Crippen LogP contribution is 2.30. The third kappa shape index (κ3) is 4.17. The molecule has 1 fully saturated rings. The molecule has 0 aliphatic carbocycles. The first-order chi connectivity index (χ1) is 16.1. The van der Waals surface area contributed by atoms with E-state index in [9.17, 15) is 22.8 Å². The Bertz CT molecular complexity index is 1260. The Kier molecular flexibility index (Phi) is 6.42. The van der Waals surface area contributed by atoms with Gasteiger partial charge in [0, 0.05) is 29.9 Å². The Hall–Kier alpha value is -3.30. The van der Waals surface area contributed by atoms with Gasteiger partial charge in [0.15, 0.2) is 0 Å². The number of hydrogen-bond donors (Lipinski definition) is 1. The van der Waals surface area contributed by atoms with Gasteiger partial charge in [-0.1, -0.05) is 12.5 Å². The van der Waals surface area contributed by atoms with Gasteiger partial charge < -0.3 is 5.32 Å². The van der Waals surface area contributed by atoms with E-state index < -0.39 is 27.7 Å². The second kappa shape index (κ2) is 9.15. The van der Waals surface area contributed by atoms with Gasteiger partial charge in [0.2, 0.25) is 10.0 Å². The Morgan fingerprint density at radius 2 is 1.65 bits per heavy atom. The van der Waals surface area contributed by atoms with Crippen molar-refractivity contribution in [2.45, 2.75) is 50.1 Å². The zero-order chi connectivity index (χ0) is 24.6. The van der Waals surface area contributed by atoms with Crippen molar-refractivity contribution in [1.29, 1.82) is 0 Å². The van der Waals surface area contributed by atoms with Gasteiger partial charge in [-0.15, -0.1) is 6.58 Å². The summed E-state index contributed by atoms with van der Waals surface area (Å²) in [7, 11) is -3.65. The summed E-state index contributed by atoms with van der Waals surface area (Å²) in [6.45, 7) is 7.50. The molecule has 0 unspecified atom stereocenters. The van der Waals surface area contributed by atoms with Crippen molar-refractivity contribution in [3.05, 3.63) is 71.8 Å². The minimum Gasteiger partial charge on any atom is -0.322 e. The second-order valence-corrected chi connectivity index (χ2v) is 10.6. The molecule has 3 amide bonds. The van der Waals surface area contributed by atoms with Crippen LogP contribution in [0.25, 0.3) is 0 Å². The molecule has 1 saturated heterocycles. The van der Waals surface area contributed by atoms with E-state index in [1.165, 1.54) is 48.5 Å². The Balaban J connectivity index is 1.51. The van der Waals surface area contributed by atoms with Crippen molar-refractivity contribution in [2.75, 3.05) is 11.9 Å². The molecule has 0 spiro atoms. The maximum atomic E-state index is 13.2. The topological polar surface area (TPSA) is 104 Å². The van der Waals surface area contributed by atoms with Crippen molar-refractivity contribution >= 4 is 33.4 Å². The highest BCUT2D eigenvalue weighted by atomic mass is 32.2. The molecule has 2 aliphatic heterocycles. The first-order valence-corrected chi connectivity index (χ1v) is 12.6. The zero-order valence-electron chi connectivity index (χ0n) is 19.2. The average molecular weight is 482 g/mol. The van der Waals surface area contributed by atoms with E-state index in [-0.39, 0.29) is 40.2 Å². The SMILES string of the molecule is C=CCN1C(=O)c2ccc(C(=O)Nc3ccc(S(=O)(=O)N4[C@H](C)CCC[C@H]4C)cc3)cc2C1=O. The predicted molar refractivity (Wildman–Crippen MR) is 128 cm³/mol. The number of fused-ring (bicyclic) bond motifs is 1. The molecule has 2 heterocycles. The van der Waals surface area contributed by atoms with E-state index in [1.807, 2.05) is 13.8 Å². The Morgan fingerprint density at radius 3 is 2.26 bits per heavy atom. The summed E-state index contributed by atoms with van der Waals surface area (Å²) in [6.07, 6.45) is 4.13. The molecule has 2 aromatic carbocycles. The zero-order valence-corrected chi connectivity index (χ0v) is 20.0. The number of nitrogens with one attached hydrogen (secondary N) is 1. The number of imide groups is 1. The van der Waals surface area contributed by atoms with Gasteiger partial charge in [-0.2, -0.15) is 4.31 Å². The van der Waals surface area contributed by atoms with Crippen LogP contribution in [0.3, 0.4) is 0 Å². The van der Waals surface area contributed by atoms with Crippen molar-refractivity contribution in [2.24, 2.45) is 0 Å². The molecule has 1 N–H and O–H groups in total. The molecule has 4 rings (SSSR count). The minimum atomic E-state index is -3.65. The van der Waals surface area contributed by atoms with Gasteiger partial charge in [-0.3, -0.25) is 19.3 Å². The van der Waals surface area contributed by atoms with Crippen LogP contribution in [0.1, 0.15) is 64.2 Å². The summed E-state index contributed by atoms with van der Waals surface area (Å²) in [5, 5.41) is 2.71. The average Bonchev–Trinajstić information content (AvgIpc) is 3.04. The molecule has 2 aliphatic rings. The largest absolute Gasteiger partial charge is 0.322 e. The maximum Gasteiger partial charge on any atom is 0.261 e. The van der Waals surface area contributed by atoms with Crippen LogP contribution < -0.4 is 5.32 Å². The first kappa shape index (κ1) is 23.8. The molecule has 9 heteroatoms. The normalized spacial score (nSPS) is 20.8. The third-order valence-corrected chi connectivity index (χ3v) is 8.49. The number of hydrogen-bond acceptors (Lipinski definition) is 5. The smallest absolute Gasteiger partial charge is 0.261 e. The second-order valence-electron chi connectivity index (χ2n) is 8.71. The first-order valence-electron chi connectivity index (χ1n) is 11.2. The number of rotatable bonds is 6. The van der Waals surface area contributed by atoms with E-state index in [4.69, 9.17) is 0 Å². The van der Waals surface area contributed by atoms with E-state index in [0.29, 0.717) is 5.69 Å². The summed E-state index contributed by atoms with van der Waals surface area (Å²) in [6, 6.07) is 10.3. The molecule has 2 atom stereocenters. The quantitative estimate of drug-likeness (QED) is 0.501. The fourth-order valence-electron chi connectivity index (χ4n) is 4.63. The molecule has 2 aromatic rings. The number of nitrogens with zero attached hydrogens (tertiary/aromatic N) is 2. The van der Waals surface area contributed by atoms with Crippen molar-refractivity contribution in [1.82, 2.24) is 9.21 Å². The molecule has 178 valence electrons. The lowest BCUT2D eigenvalue weighted by atomic mass is 10.0. The summed E-state index contributed by atoms with van der Waals surface area (Å²) in [5.74, 6) is -1.36. The monoisotopic (exact) mass is 481 g/mol. The molecular weight excluding hydrogens is 454 g/mol. The standard InChI is InChI=1S/C25H27N3O5S/c1-4-14-27-24(30)21-13-8-18(15-22(21)25(27)31)23(29)26-19-9-11-20(12-10-19)34(32,33)28-16(2)6-5-7-17(28)3/h4,8-13,15-17H,1,5-7,14H2,2-3H3,(H,26,29)/t16-,17-/m1/s1. The number of carbonyl (C=O) groups is 3. The van der Waals surface area contributed by atoms with E-state index in [2.05, 4.69) is 11.9 Å². The summed E-state index contributed by atoms with van der Waals surface area (Å²) in [5.41, 5.74) is 1.05. The van der Waals surface area contributed by atoms with Crippen LogP contribution in [-0.4, -0.2) is 54.0 Å². The van der Waals surface area contributed by atoms with Crippen molar-refractivity contribution < 1.29 is 22.8 Å². The summed E-state index contributed by atoms with van der Waals surface area (Å²) in [4.78, 5) is 38.9. The van der Waals surface area contributed by atoms with Crippen LogP contribution in [0.4, 0.5) is 5.69 Å². The highest BCUT2D eigenvalue weighted by molar-refractivity contribution is 7.89. The predicted octanol–water partition coefficient (Wildman–Crippen LogP) is 3.67. The molecule has 34 heavy (non-hydrogen) atoms. The number of sulfonamides is 1. The minimum absolute atomic E-state index is 0.0649. The number of carbonyl (C=O) groups excluding carboxylic acids is 3. The van der Waals surface area contributed by atoms with Gasteiger partial charge >= 0.3 is 0 Å². The third-order valence-electron chi connectivity index (χ3n) is 6.34. The maximum absolute atomic E-state index is 13.2. The van der Waals surface area contributed by atoms with Gasteiger partial charge in [0.1, 0.15) is 0 Å². The van der Waals surface area contributed by atoms with Gasteiger partial charge in [0.25, 0.3) is 17.7 Å². The molecule has 0 aromatic heterocycles. The van der Waals surface area contributed by atoms with Crippen LogP contribution in [0.5, 0.6) is 0 Å². The number of piperidine rings is 1. The van der Waals surface area contributed by atoms with Crippen molar-refractivity contribution in [3.63, 3.8) is 0 Å². The molecule has 0 bridgehead atoms. The van der Waals surface area contributed by atoms with E-state index >= 15 is 0 Å². The number of anilines is 1. The summed E-state index contributed by atoms with van der Waals surface area (Å²) < 4.78 is 27.9. The molecule has 0 saturated carbocycles. The fraction of sp³-hybridized carbons (Fsp3) is 0.320. The summed E-state index contributed by atoms with van der Waals surface area (Å²) >= 11 is 0. The van der Waals surface area contributed by atoms with Gasteiger partial charge in [0.05, 0.1) is 16.0 Å². The van der Waals surface area contributed by atoms with E-state index in [0.717, 1.165) is 24.2 Å². The number of amides is 3. The van der Waals surface area contributed by atoms with Gasteiger partial charge in [-0.25, -0.2) is 8.42 Å². The van der Waals surface area contributed by atoms with Crippen LogP contribution in [0.15, 0.2) is 60.0 Å². The lowest BCUT2D eigenvalue weighted by Gasteiger charge is -2.37. The number of benzene rings is 2. The Morgan fingerprint density at radius 1 is 1.03 bits per heavy atom. The lowest BCUT2D eigenvalue weighted by Crippen LogP contribution is -2.47. The highest BCUT2D eigenvalue weighted by Gasteiger charge is 2.36. The van der Waals surface area contributed by atoms with Gasteiger partial charge in [-0.05, 0) is 69.2 Å². The van der Waals surface area contributed by atoms with Crippen LogP contribution in [0.2, 0.25) is 0 Å². The Labute approximate surface area is 199 Å². The molecular formula is C25H27N3O5S. The molecule has 0 radical (unpaired) electrons. The van der Waals surface area contributed by atoms with E-state index in [1.54, 1.807) is 4.31 Å². The fourth-order valence-corrected chi connectivity index (χ4v) is 6.52. The van der Waals surface area contributed by atoms with Crippen molar-refractivity contribution in [3.8, 4) is 0 Å². The van der Waals surface area contributed by atoms with Crippen LogP contribution in [0, 0.1) is 0 Å². The molecule has 8 nitrogen and oxygen atoms in total.